The Kier molecular flexibility index (Phi) is 2.32. The van der Waals surface area contributed by atoms with Crippen LogP contribution in [0.3, 0.4) is 0 Å². The molecule has 76 valence electrons. The average Bonchev–Trinajstić information content (AvgIpc) is 2.17. The molecule has 2 rings (SSSR count). The molecule has 1 unspecified atom stereocenters. The Morgan fingerprint density at radius 1 is 1.57 bits per heavy atom. The third-order valence-electron chi connectivity index (χ3n) is 2.72. The number of benzene rings is 1. The van der Waals surface area contributed by atoms with Crippen molar-refractivity contribution in [2.24, 2.45) is 0 Å². The molecule has 0 radical (unpaired) electrons. The van der Waals surface area contributed by atoms with Crippen molar-refractivity contribution >= 4 is 11.4 Å². The van der Waals surface area contributed by atoms with E-state index < -0.39 is 0 Å². The SMILES string of the molecule is CCC1CN(C)c2c(F)cccc2N1. The van der Waals surface area contributed by atoms with E-state index in [1.165, 1.54) is 6.07 Å². The molecule has 1 atom stereocenters. The number of anilines is 2. The van der Waals surface area contributed by atoms with Crippen LogP contribution in [-0.2, 0) is 0 Å². The van der Waals surface area contributed by atoms with Crippen LogP contribution >= 0.6 is 0 Å². The summed E-state index contributed by atoms with van der Waals surface area (Å²) < 4.78 is 13.5. The van der Waals surface area contributed by atoms with E-state index in [2.05, 4.69) is 12.2 Å². The third-order valence-corrected chi connectivity index (χ3v) is 2.72. The van der Waals surface area contributed by atoms with Crippen LogP contribution in [0.5, 0.6) is 0 Å². The van der Waals surface area contributed by atoms with Crippen LogP contribution in [0.25, 0.3) is 0 Å². The van der Waals surface area contributed by atoms with E-state index in [0.717, 1.165) is 18.7 Å². The van der Waals surface area contributed by atoms with E-state index in [1.807, 2.05) is 18.0 Å². The van der Waals surface area contributed by atoms with E-state index in [-0.39, 0.29) is 5.82 Å². The largest absolute Gasteiger partial charge is 0.379 e. The normalized spacial score (nSPS) is 20.2. The highest BCUT2D eigenvalue weighted by molar-refractivity contribution is 5.72. The van der Waals surface area contributed by atoms with Gasteiger partial charge in [0.05, 0.1) is 11.4 Å². The maximum Gasteiger partial charge on any atom is 0.148 e. The Labute approximate surface area is 83.7 Å². The van der Waals surface area contributed by atoms with Crippen LogP contribution in [0.1, 0.15) is 13.3 Å². The van der Waals surface area contributed by atoms with Gasteiger partial charge in [-0.15, -0.1) is 0 Å². The number of halogens is 1. The fraction of sp³-hybridized carbons (Fsp3) is 0.455. The minimum Gasteiger partial charge on any atom is -0.379 e. The number of hydrogen-bond acceptors (Lipinski definition) is 2. The van der Waals surface area contributed by atoms with Crippen molar-refractivity contribution in [3.63, 3.8) is 0 Å². The molecule has 1 aliphatic rings. The van der Waals surface area contributed by atoms with Crippen molar-refractivity contribution < 1.29 is 4.39 Å². The van der Waals surface area contributed by atoms with E-state index in [0.29, 0.717) is 11.7 Å². The van der Waals surface area contributed by atoms with Crippen LogP contribution in [0.2, 0.25) is 0 Å². The molecule has 1 heterocycles. The minimum atomic E-state index is -0.146. The summed E-state index contributed by atoms with van der Waals surface area (Å²) in [5.41, 5.74) is 1.60. The first kappa shape index (κ1) is 9.31. The zero-order valence-corrected chi connectivity index (χ0v) is 8.55. The van der Waals surface area contributed by atoms with Crippen molar-refractivity contribution in [1.82, 2.24) is 0 Å². The number of hydrogen-bond donors (Lipinski definition) is 1. The van der Waals surface area contributed by atoms with Gasteiger partial charge in [0.15, 0.2) is 0 Å². The second-order valence-electron chi connectivity index (χ2n) is 3.77. The summed E-state index contributed by atoms with van der Waals surface area (Å²) in [6.45, 7) is 3.00. The molecule has 0 saturated carbocycles. The Bertz CT molecular complexity index is 338. The van der Waals surface area contributed by atoms with Crippen LogP contribution in [0.15, 0.2) is 18.2 Å². The van der Waals surface area contributed by atoms with Gasteiger partial charge in [-0.25, -0.2) is 4.39 Å². The molecule has 1 aliphatic heterocycles. The molecular weight excluding hydrogens is 179 g/mol. The molecule has 0 fully saturated rings. The quantitative estimate of drug-likeness (QED) is 0.738. The standard InChI is InChI=1S/C11H15FN2/c1-3-8-7-14(2)11-9(12)5-4-6-10(11)13-8/h4-6,8,13H,3,7H2,1-2H3. The molecule has 0 aromatic heterocycles. The lowest BCUT2D eigenvalue weighted by atomic mass is 10.1. The van der Waals surface area contributed by atoms with Gasteiger partial charge in [-0.2, -0.15) is 0 Å². The van der Waals surface area contributed by atoms with Crippen LogP contribution in [0, 0.1) is 5.82 Å². The molecule has 0 spiro atoms. The lowest BCUT2D eigenvalue weighted by Crippen LogP contribution is -2.39. The monoisotopic (exact) mass is 194 g/mol. The van der Waals surface area contributed by atoms with E-state index in [1.54, 1.807) is 6.07 Å². The number of rotatable bonds is 1. The summed E-state index contributed by atoms with van der Waals surface area (Å²) in [7, 11) is 1.94. The Morgan fingerprint density at radius 3 is 3.07 bits per heavy atom. The molecule has 1 aromatic carbocycles. The van der Waals surface area contributed by atoms with Crippen LogP contribution < -0.4 is 10.2 Å². The van der Waals surface area contributed by atoms with Crippen LogP contribution in [-0.4, -0.2) is 19.6 Å². The van der Waals surface area contributed by atoms with E-state index in [9.17, 15) is 4.39 Å². The first-order chi connectivity index (χ1) is 6.72. The lowest BCUT2D eigenvalue weighted by molar-refractivity contribution is 0.602. The second kappa shape index (κ2) is 3.48. The summed E-state index contributed by atoms with van der Waals surface area (Å²) in [4.78, 5) is 1.98. The number of nitrogens with one attached hydrogen (secondary N) is 1. The van der Waals surface area contributed by atoms with Crippen molar-refractivity contribution in [3.05, 3.63) is 24.0 Å². The molecule has 14 heavy (non-hydrogen) atoms. The fourth-order valence-corrected chi connectivity index (χ4v) is 1.94. The molecule has 3 heteroatoms. The smallest absolute Gasteiger partial charge is 0.148 e. The second-order valence-corrected chi connectivity index (χ2v) is 3.77. The molecule has 0 saturated heterocycles. The number of nitrogens with zero attached hydrogens (tertiary/aromatic N) is 1. The van der Waals surface area contributed by atoms with Gasteiger partial charge in [0.2, 0.25) is 0 Å². The van der Waals surface area contributed by atoms with Crippen molar-refractivity contribution in [1.29, 1.82) is 0 Å². The van der Waals surface area contributed by atoms with Gasteiger partial charge in [-0.05, 0) is 18.6 Å². The third kappa shape index (κ3) is 1.43. The zero-order chi connectivity index (χ0) is 10.1. The Morgan fingerprint density at radius 2 is 2.36 bits per heavy atom. The minimum absolute atomic E-state index is 0.146. The van der Waals surface area contributed by atoms with Gasteiger partial charge in [-0.3, -0.25) is 0 Å². The highest BCUT2D eigenvalue weighted by Crippen LogP contribution is 2.32. The van der Waals surface area contributed by atoms with Gasteiger partial charge < -0.3 is 10.2 Å². The summed E-state index contributed by atoms with van der Waals surface area (Å²) in [6.07, 6.45) is 1.06. The molecule has 0 aliphatic carbocycles. The number of likely N-dealkylation sites (N-methyl/N-ethyl adjacent to an activating group) is 1. The first-order valence-electron chi connectivity index (χ1n) is 4.98. The summed E-state index contributed by atoms with van der Waals surface area (Å²) in [5.74, 6) is -0.146. The van der Waals surface area contributed by atoms with Gasteiger partial charge in [0.25, 0.3) is 0 Å². The van der Waals surface area contributed by atoms with Gasteiger partial charge >= 0.3 is 0 Å². The zero-order valence-electron chi connectivity index (χ0n) is 8.55. The Hall–Kier alpha value is -1.25. The van der Waals surface area contributed by atoms with Crippen molar-refractivity contribution in [2.45, 2.75) is 19.4 Å². The van der Waals surface area contributed by atoms with Gasteiger partial charge in [-0.1, -0.05) is 13.0 Å². The average molecular weight is 194 g/mol. The van der Waals surface area contributed by atoms with Crippen molar-refractivity contribution in [2.75, 3.05) is 23.8 Å². The number of fused-ring (bicyclic) bond motifs is 1. The van der Waals surface area contributed by atoms with E-state index >= 15 is 0 Å². The van der Waals surface area contributed by atoms with E-state index in [4.69, 9.17) is 0 Å². The van der Waals surface area contributed by atoms with Gasteiger partial charge in [0, 0.05) is 19.6 Å². The first-order valence-corrected chi connectivity index (χ1v) is 4.98. The predicted molar refractivity (Wildman–Crippen MR) is 57.4 cm³/mol. The maximum absolute atomic E-state index is 13.5. The topological polar surface area (TPSA) is 15.3 Å². The molecular formula is C11H15FN2. The van der Waals surface area contributed by atoms with Crippen LogP contribution in [0.4, 0.5) is 15.8 Å². The maximum atomic E-state index is 13.5. The molecule has 1 aromatic rings. The summed E-state index contributed by atoms with van der Waals surface area (Å²) in [6, 6.07) is 5.60. The lowest BCUT2D eigenvalue weighted by Gasteiger charge is -2.34. The highest BCUT2D eigenvalue weighted by atomic mass is 19.1. The fourth-order valence-electron chi connectivity index (χ4n) is 1.94. The number of para-hydroxylation sites is 1. The molecule has 0 amide bonds. The molecule has 2 nitrogen and oxygen atoms in total. The predicted octanol–water partition coefficient (Wildman–Crippen LogP) is 2.47. The summed E-state index contributed by atoms with van der Waals surface area (Å²) in [5, 5.41) is 3.34. The Balaban J connectivity index is 2.39. The van der Waals surface area contributed by atoms with Gasteiger partial charge in [0.1, 0.15) is 5.82 Å². The highest BCUT2D eigenvalue weighted by Gasteiger charge is 2.22. The molecule has 0 bridgehead atoms. The molecule has 1 N–H and O–H groups in total. The summed E-state index contributed by atoms with van der Waals surface area (Å²) >= 11 is 0. The van der Waals surface area contributed by atoms with Crippen molar-refractivity contribution in [3.8, 4) is 0 Å².